The molecule has 3 aromatic heterocycles. The lowest BCUT2D eigenvalue weighted by atomic mass is 10.2. The summed E-state index contributed by atoms with van der Waals surface area (Å²) in [5, 5.41) is 13.5. The Kier molecular flexibility index (Phi) is 7.09. The number of para-hydroxylation sites is 1. The Balaban J connectivity index is 1.44. The van der Waals surface area contributed by atoms with Gasteiger partial charge in [0, 0.05) is 35.8 Å². The van der Waals surface area contributed by atoms with Gasteiger partial charge in [0.2, 0.25) is 5.91 Å². The fourth-order valence-electron chi connectivity index (χ4n) is 4.24. The lowest BCUT2D eigenvalue weighted by Gasteiger charge is -2.15. The average molecular weight is 516 g/mol. The van der Waals surface area contributed by atoms with E-state index in [1.165, 1.54) is 11.8 Å². The molecule has 10 heteroatoms. The zero-order chi connectivity index (χ0) is 25.9. The van der Waals surface area contributed by atoms with Gasteiger partial charge in [-0.05, 0) is 50.6 Å². The van der Waals surface area contributed by atoms with Crippen molar-refractivity contribution in [2.45, 2.75) is 50.6 Å². The number of thioether (sulfide) groups is 1. The number of aryl methyl sites for hydroxylation is 4. The predicted molar refractivity (Wildman–Crippen MR) is 145 cm³/mol. The summed E-state index contributed by atoms with van der Waals surface area (Å²) in [6.07, 6.45) is 1.26. The minimum Gasteiger partial charge on any atom is -0.497 e. The third kappa shape index (κ3) is 5.29. The number of fused-ring (bicyclic) bond motifs is 3. The van der Waals surface area contributed by atoms with Crippen LogP contribution in [-0.2, 0) is 17.8 Å². The Morgan fingerprint density at radius 1 is 1.08 bits per heavy atom. The molecule has 0 spiro atoms. The van der Waals surface area contributed by atoms with E-state index in [1.807, 2.05) is 67.9 Å². The highest BCUT2D eigenvalue weighted by Gasteiger charge is 2.23. The topological polar surface area (TPSA) is 99.2 Å². The third-order valence-electron chi connectivity index (χ3n) is 6.09. The molecule has 190 valence electrons. The van der Waals surface area contributed by atoms with E-state index in [1.54, 1.807) is 17.7 Å². The van der Waals surface area contributed by atoms with E-state index >= 15 is 0 Å². The van der Waals surface area contributed by atoms with Gasteiger partial charge >= 0.3 is 0 Å². The number of hydrogen-bond acceptors (Lipinski definition) is 7. The van der Waals surface area contributed by atoms with Gasteiger partial charge in [-0.3, -0.25) is 9.48 Å². The monoisotopic (exact) mass is 515 g/mol. The van der Waals surface area contributed by atoms with Gasteiger partial charge in [-0.25, -0.2) is 9.97 Å². The fourth-order valence-corrected chi connectivity index (χ4v) is 5.20. The van der Waals surface area contributed by atoms with Gasteiger partial charge in [-0.2, -0.15) is 9.61 Å². The minimum atomic E-state index is -0.370. The van der Waals surface area contributed by atoms with Crippen LogP contribution in [0.25, 0.3) is 16.6 Å². The molecule has 0 aliphatic carbocycles. The number of carbonyl (C=O) groups is 1. The van der Waals surface area contributed by atoms with Crippen molar-refractivity contribution in [1.82, 2.24) is 29.4 Å². The molecule has 0 saturated heterocycles. The van der Waals surface area contributed by atoms with Crippen LogP contribution in [-0.4, -0.2) is 47.6 Å². The minimum absolute atomic E-state index is 0.103. The van der Waals surface area contributed by atoms with Crippen LogP contribution in [0.2, 0.25) is 0 Å². The summed E-state index contributed by atoms with van der Waals surface area (Å²) in [6, 6.07) is 17.3. The fraction of sp³-hybridized carbons (Fsp3) is 0.296. The molecule has 0 aliphatic rings. The Morgan fingerprint density at radius 2 is 1.92 bits per heavy atom. The summed E-state index contributed by atoms with van der Waals surface area (Å²) in [7, 11) is 1.60. The number of benzene rings is 2. The van der Waals surface area contributed by atoms with Gasteiger partial charge in [-0.1, -0.05) is 36.9 Å². The standard InChI is InChI=1S/C27H29N7O2S/c1-5-23(26(35)28-19-9-8-10-20(16-19)36-4)37-27-29-22-12-7-6-11-21(22)25-30-24(32-34(25)27)13-14-33-18(3)15-17(2)31-33/h6-12,15-16,23H,5,13-14H2,1-4H3,(H,28,35). The summed E-state index contributed by atoms with van der Waals surface area (Å²) >= 11 is 1.39. The second-order valence-corrected chi connectivity index (χ2v) is 9.98. The van der Waals surface area contributed by atoms with Crippen molar-refractivity contribution in [3.63, 3.8) is 0 Å². The quantitative estimate of drug-likeness (QED) is 0.221. The van der Waals surface area contributed by atoms with Crippen molar-refractivity contribution in [2.24, 2.45) is 0 Å². The van der Waals surface area contributed by atoms with Crippen LogP contribution in [0.5, 0.6) is 5.75 Å². The Morgan fingerprint density at radius 3 is 2.68 bits per heavy atom. The molecule has 0 saturated carbocycles. The van der Waals surface area contributed by atoms with Crippen molar-refractivity contribution in [2.75, 3.05) is 12.4 Å². The lowest BCUT2D eigenvalue weighted by Crippen LogP contribution is -2.25. The van der Waals surface area contributed by atoms with Crippen molar-refractivity contribution in [3.05, 3.63) is 71.8 Å². The van der Waals surface area contributed by atoms with E-state index in [4.69, 9.17) is 19.8 Å². The number of amides is 1. The first-order valence-electron chi connectivity index (χ1n) is 12.2. The van der Waals surface area contributed by atoms with Crippen LogP contribution in [0.4, 0.5) is 5.69 Å². The number of rotatable bonds is 9. The highest BCUT2D eigenvalue weighted by Crippen LogP contribution is 2.29. The Labute approximate surface area is 219 Å². The maximum atomic E-state index is 13.2. The van der Waals surface area contributed by atoms with Gasteiger partial charge in [-0.15, -0.1) is 5.10 Å². The van der Waals surface area contributed by atoms with Gasteiger partial charge in [0.15, 0.2) is 16.6 Å². The van der Waals surface area contributed by atoms with Gasteiger partial charge < -0.3 is 10.1 Å². The molecule has 1 amide bonds. The van der Waals surface area contributed by atoms with Crippen LogP contribution < -0.4 is 10.1 Å². The molecule has 5 aromatic rings. The van der Waals surface area contributed by atoms with Gasteiger partial charge in [0.1, 0.15) is 5.75 Å². The number of ether oxygens (including phenoxy) is 1. The molecule has 1 N–H and O–H groups in total. The highest BCUT2D eigenvalue weighted by molar-refractivity contribution is 8.00. The zero-order valence-electron chi connectivity index (χ0n) is 21.3. The van der Waals surface area contributed by atoms with Crippen LogP contribution in [0.1, 0.15) is 30.6 Å². The number of carbonyl (C=O) groups excluding carboxylic acids is 1. The molecule has 0 fully saturated rings. The number of anilines is 1. The number of methoxy groups -OCH3 is 1. The van der Waals surface area contributed by atoms with Crippen molar-refractivity contribution in [3.8, 4) is 5.75 Å². The molecule has 37 heavy (non-hydrogen) atoms. The summed E-state index contributed by atoms with van der Waals surface area (Å²) in [4.78, 5) is 22.9. The van der Waals surface area contributed by atoms with Crippen LogP contribution >= 0.6 is 11.8 Å². The van der Waals surface area contributed by atoms with Crippen molar-refractivity contribution < 1.29 is 9.53 Å². The molecular weight excluding hydrogens is 486 g/mol. The summed E-state index contributed by atoms with van der Waals surface area (Å²) in [5.41, 5.74) is 4.34. The molecule has 0 aliphatic heterocycles. The molecule has 1 unspecified atom stereocenters. The second-order valence-electron chi connectivity index (χ2n) is 8.81. The maximum absolute atomic E-state index is 13.2. The molecule has 2 aromatic carbocycles. The van der Waals surface area contributed by atoms with Crippen molar-refractivity contribution in [1.29, 1.82) is 0 Å². The van der Waals surface area contributed by atoms with Crippen LogP contribution in [0.15, 0.2) is 59.8 Å². The lowest BCUT2D eigenvalue weighted by molar-refractivity contribution is -0.115. The Hall–Kier alpha value is -3.92. The number of nitrogens with one attached hydrogen (secondary N) is 1. The SMILES string of the molecule is CCC(Sc1nc2ccccc2c2nc(CCn3nc(C)cc3C)nn12)C(=O)Nc1cccc(OC)c1. The maximum Gasteiger partial charge on any atom is 0.237 e. The number of aromatic nitrogens is 6. The number of nitrogens with zero attached hydrogens (tertiary/aromatic N) is 6. The van der Waals surface area contributed by atoms with E-state index < -0.39 is 0 Å². The molecule has 1 atom stereocenters. The van der Waals surface area contributed by atoms with Crippen LogP contribution in [0, 0.1) is 13.8 Å². The predicted octanol–water partition coefficient (Wildman–Crippen LogP) is 4.85. The second kappa shape index (κ2) is 10.6. The number of hydrogen-bond donors (Lipinski definition) is 1. The van der Waals surface area contributed by atoms with Gasteiger partial charge in [0.05, 0.1) is 23.6 Å². The third-order valence-corrected chi connectivity index (χ3v) is 7.40. The van der Waals surface area contributed by atoms with E-state index in [-0.39, 0.29) is 11.2 Å². The zero-order valence-corrected chi connectivity index (χ0v) is 22.1. The normalized spacial score (nSPS) is 12.2. The molecule has 5 rings (SSSR count). The largest absolute Gasteiger partial charge is 0.497 e. The first-order valence-corrected chi connectivity index (χ1v) is 13.1. The molecule has 9 nitrogen and oxygen atoms in total. The average Bonchev–Trinajstić information content (AvgIpc) is 3.48. The summed E-state index contributed by atoms with van der Waals surface area (Å²) in [5.74, 6) is 1.29. The first-order chi connectivity index (χ1) is 17.9. The summed E-state index contributed by atoms with van der Waals surface area (Å²) < 4.78 is 9.02. The van der Waals surface area contributed by atoms with Crippen LogP contribution in [0.3, 0.4) is 0 Å². The molecular formula is C27H29N7O2S. The highest BCUT2D eigenvalue weighted by atomic mass is 32.2. The van der Waals surface area contributed by atoms with Crippen molar-refractivity contribution >= 4 is 39.9 Å². The van der Waals surface area contributed by atoms with E-state index in [2.05, 4.69) is 16.5 Å². The molecule has 3 heterocycles. The van der Waals surface area contributed by atoms with E-state index in [9.17, 15) is 4.79 Å². The van der Waals surface area contributed by atoms with E-state index in [0.717, 1.165) is 27.9 Å². The first kappa shape index (κ1) is 24.8. The summed E-state index contributed by atoms with van der Waals surface area (Å²) in [6.45, 7) is 6.71. The van der Waals surface area contributed by atoms with E-state index in [0.29, 0.717) is 41.8 Å². The van der Waals surface area contributed by atoms with Gasteiger partial charge in [0.25, 0.3) is 0 Å². The smallest absolute Gasteiger partial charge is 0.237 e. The Bertz CT molecular complexity index is 1580. The molecule has 0 bridgehead atoms. The molecule has 0 radical (unpaired) electrons.